The number of urea groups is 1. The predicted octanol–water partition coefficient (Wildman–Crippen LogP) is 5.15. The number of nitrogens with one attached hydrogen (secondary N) is 1. The Morgan fingerprint density at radius 3 is 1.89 bits per heavy atom. The van der Waals surface area contributed by atoms with Crippen LogP contribution in [-0.2, 0) is 16.0 Å². The zero-order valence-electron chi connectivity index (χ0n) is 21.1. The molecule has 0 saturated carbocycles. The molecule has 3 N–H and O–H groups in total. The molecular weight excluding hydrogens is 444 g/mol. The van der Waals surface area contributed by atoms with Crippen molar-refractivity contribution < 1.29 is 24.6 Å². The topological polar surface area (TPSA) is 107 Å². The molecule has 0 heterocycles. The maximum atomic E-state index is 13.1. The summed E-state index contributed by atoms with van der Waals surface area (Å²) in [5.41, 5.74) is 2.87. The number of aliphatic carboxylic acids is 2. The number of nitrogens with zero attached hydrogens (tertiary/aromatic N) is 1. The zero-order valence-corrected chi connectivity index (χ0v) is 21.1. The molecule has 35 heavy (non-hydrogen) atoms. The number of hydrogen-bond donors (Lipinski definition) is 3. The lowest BCUT2D eigenvalue weighted by atomic mass is 9.97. The monoisotopic (exact) mass is 482 g/mol. The van der Waals surface area contributed by atoms with E-state index in [4.69, 9.17) is 0 Å². The summed E-state index contributed by atoms with van der Waals surface area (Å²) in [6, 6.07) is 15.8. The molecule has 0 fully saturated rings. The van der Waals surface area contributed by atoms with Gasteiger partial charge in [-0.15, -0.1) is 0 Å². The summed E-state index contributed by atoms with van der Waals surface area (Å²) in [7, 11) is 0. The van der Waals surface area contributed by atoms with Gasteiger partial charge in [0, 0.05) is 19.5 Å². The quantitative estimate of drug-likeness (QED) is 0.366. The minimum atomic E-state index is -1.13. The van der Waals surface area contributed by atoms with E-state index in [1.165, 1.54) is 4.90 Å². The zero-order chi connectivity index (χ0) is 26.0. The van der Waals surface area contributed by atoms with Crippen LogP contribution in [0.5, 0.6) is 0 Å². The molecule has 0 unspecified atom stereocenters. The molecule has 0 saturated heterocycles. The number of carbonyl (C=O) groups excluding carboxylic acids is 1. The molecular formula is C28H38N2O5. The molecule has 0 aliphatic carbocycles. The van der Waals surface area contributed by atoms with E-state index in [1.54, 1.807) is 0 Å². The first-order chi connectivity index (χ1) is 16.6. The van der Waals surface area contributed by atoms with Crippen LogP contribution in [0.4, 0.5) is 4.79 Å². The van der Waals surface area contributed by atoms with E-state index in [0.717, 1.165) is 23.1 Å². The Bertz CT molecular complexity index is 957. The molecule has 2 amide bonds. The van der Waals surface area contributed by atoms with Gasteiger partial charge in [-0.2, -0.15) is 0 Å². The largest absolute Gasteiger partial charge is 0.481 e. The van der Waals surface area contributed by atoms with Gasteiger partial charge in [0.15, 0.2) is 0 Å². The highest BCUT2D eigenvalue weighted by Gasteiger charge is 2.28. The van der Waals surface area contributed by atoms with Gasteiger partial charge in [0.25, 0.3) is 0 Å². The molecule has 7 nitrogen and oxygen atoms in total. The molecule has 2 rings (SSSR count). The van der Waals surface area contributed by atoms with E-state index in [0.29, 0.717) is 18.9 Å². The normalized spacial score (nSPS) is 12.9. The summed E-state index contributed by atoms with van der Waals surface area (Å²) in [6.07, 6.45) is 1.33. The van der Waals surface area contributed by atoms with Crippen LogP contribution in [0.15, 0.2) is 54.6 Å². The fourth-order valence-corrected chi connectivity index (χ4v) is 3.91. The summed E-state index contributed by atoms with van der Waals surface area (Å²) in [5.74, 6) is -2.32. The maximum absolute atomic E-state index is 13.1. The standard InChI is InChI=1S/C28H38N2O5/c1-19(2)10-13-24(26(31)32)18-30(17-20(3)4)28(35)29-25(27(33)34)16-21-11-14-23(15-12-21)22-8-6-5-7-9-22/h5-9,11-12,14-15,19-20,24-25H,10,13,16-18H2,1-4H3,(H,29,35)(H,31,32)(H,33,34)/t24-,25-/m0/s1. The number of amides is 2. The van der Waals surface area contributed by atoms with Crippen LogP contribution in [0.1, 0.15) is 46.1 Å². The number of carboxylic acids is 2. The minimum absolute atomic E-state index is 0.0458. The number of benzene rings is 2. The highest BCUT2D eigenvalue weighted by Crippen LogP contribution is 2.20. The minimum Gasteiger partial charge on any atom is -0.481 e. The van der Waals surface area contributed by atoms with Crippen LogP contribution in [0, 0.1) is 17.8 Å². The SMILES string of the molecule is CC(C)CC[C@@H](CN(CC(C)C)C(=O)N[C@@H](Cc1ccc(-c2ccccc2)cc1)C(=O)O)C(=O)O. The average molecular weight is 483 g/mol. The van der Waals surface area contributed by atoms with Crippen molar-refractivity contribution in [2.75, 3.05) is 13.1 Å². The Kier molecular flexibility index (Phi) is 10.8. The van der Waals surface area contributed by atoms with Crippen molar-refractivity contribution in [2.45, 2.75) is 53.0 Å². The van der Waals surface area contributed by atoms with Crippen LogP contribution in [0.3, 0.4) is 0 Å². The van der Waals surface area contributed by atoms with E-state index >= 15 is 0 Å². The third-order valence-electron chi connectivity index (χ3n) is 5.85. The third kappa shape index (κ3) is 9.43. The second kappa shape index (κ2) is 13.5. The molecule has 0 radical (unpaired) electrons. The molecule has 0 bridgehead atoms. The molecule has 0 spiro atoms. The lowest BCUT2D eigenvalue weighted by Gasteiger charge is -2.29. The van der Waals surface area contributed by atoms with Crippen LogP contribution < -0.4 is 5.32 Å². The first-order valence-electron chi connectivity index (χ1n) is 12.2. The van der Waals surface area contributed by atoms with Crippen molar-refractivity contribution >= 4 is 18.0 Å². The molecule has 2 aromatic carbocycles. The van der Waals surface area contributed by atoms with Gasteiger partial charge in [0.1, 0.15) is 6.04 Å². The maximum Gasteiger partial charge on any atom is 0.326 e. The van der Waals surface area contributed by atoms with Gasteiger partial charge in [-0.1, -0.05) is 88.7 Å². The van der Waals surface area contributed by atoms with Crippen molar-refractivity contribution in [1.82, 2.24) is 10.2 Å². The molecule has 2 aromatic rings. The molecule has 7 heteroatoms. The van der Waals surface area contributed by atoms with Gasteiger partial charge in [-0.3, -0.25) is 4.79 Å². The first-order valence-corrected chi connectivity index (χ1v) is 12.2. The number of carboxylic acid groups (broad SMARTS) is 2. The summed E-state index contributed by atoms with van der Waals surface area (Å²) < 4.78 is 0. The van der Waals surface area contributed by atoms with Gasteiger partial charge in [-0.25, -0.2) is 9.59 Å². The fraction of sp³-hybridized carbons (Fsp3) is 0.464. The number of hydrogen-bond acceptors (Lipinski definition) is 3. The summed E-state index contributed by atoms with van der Waals surface area (Å²) in [6.45, 7) is 8.32. The second-order valence-corrected chi connectivity index (χ2v) is 9.91. The van der Waals surface area contributed by atoms with Crippen molar-refractivity contribution in [1.29, 1.82) is 0 Å². The molecule has 2 atom stereocenters. The Labute approximate surface area is 208 Å². The molecule has 0 aliphatic rings. The smallest absolute Gasteiger partial charge is 0.326 e. The van der Waals surface area contributed by atoms with Crippen LogP contribution in [0.25, 0.3) is 11.1 Å². The Balaban J connectivity index is 2.11. The van der Waals surface area contributed by atoms with Crippen LogP contribution in [-0.4, -0.2) is 52.2 Å². The molecule has 0 aromatic heterocycles. The lowest BCUT2D eigenvalue weighted by molar-refractivity contribution is -0.143. The van der Waals surface area contributed by atoms with Gasteiger partial charge in [-0.05, 0) is 34.9 Å². The summed E-state index contributed by atoms with van der Waals surface area (Å²) in [4.78, 5) is 38.3. The van der Waals surface area contributed by atoms with E-state index in [9.17, 15) is 24.6 Å². The summed E-state index contributed by atoms with van der Waals surface area (Å²) >= 11 is 0. The van der Waals surface area contributed by atoms with Crippen molar-refractivity contribution in [3.8, 4) is 11.1 Å². The number of rotatable bonds is 13. The highest BCUT2D eigenvalue weighted by molar-refractivity contribution is 5.83. The van der Waals surface area contributed by atoms with Crippen LogP contribution in [0.2, 0.25) is 0 Å². The second-order valence-electron chi connectivity index (χ2n) is 9.91. The Hall–Kier alpha value is -3.35. The highest BCUT2D eigenvalue weighted by atomic mass is 16.4. The van der Waals surface area contributed by atoms with E-state index in [-0.39, 0.29) is 18.9 Å². The van der Waals surface area contributed by atoms with Gasteiger partial charge in [0.2, 0.25) is 0 Å². The average Bonchev–Trinajstić information content (AvgIpc) is 2.80. The van der Waals surface area contributed by atoms with E-state index < -0.39 is 29.9 Å². The lowest BCUT2D eigenvalue weighted by Crippen LogP contribution is -2.51. The van der Waals surface area contributed by atoms with E-state index in [2.05, 4.69) is 5.32 Å². The van der Waals surface area contributed by atoms with E-state index in [1.807, 2.05) is 82.3 Å². The Morgan fingerprint density at radius 2 is 1.37 bits per heavy atom. The van der Waals surface area contributed by atoms with Gasteiger partial charge >= 0.3 is 18.0 Å². The summed E-state index contributed by atoms with van der Waals surface area (Å²) in [5, 5.41) is 22.1. The van der Waals surface area contributed by atoms with Crippen molar-refractivity contribution in [2.24, 2.45) is 17.8 Å². The van der Waals surface area contributed by atoms with Crippen molar-refractivity contribution in [3.63, 3.8) is 0 Å². The van der Waals surface area contributed by atoms with Gasteiger partial charge < -0.3 is 20.4 Å². The number of carbonyl (C=O) groups is 3. The predicted molar refractivity (Wildman–Crippen MR) is 137 cm³/mol. The van der Waals surface area contributed by atoms with Gasteiger partial charge in [0.05, 0.1) is 5.92 Å². The van der Waals surface area contributed by atoms with Crippen LogP contribution >= 0.6 is 0 Å². The third-order valence-corrected chi connectivity index (χ3v) is 5.85. The molecule has 0 aliphatic heterocycles. The van der Waals surface area contributed by atoms with Crippen molar-refractivity contribution in [3.05, 3.63) is 60.2 Å². The molecule has 190 valence electrons. The Morgan fingerprint density at radius 1 is 0.771 bits per heavy atom. The fourth-order valence-electron chi connectivity index (χ4n) is 3.91. The first kappa shape index (κ1) is 27.9.